The van der Waals surface area contributed by atoms with Gasteiger partial charge in [0, 0.05) is 17.7 Å². The third kappa shape index (κ3) is 2.13. The van der Waals surface area contributed by atoms with Crippen molar-refractivity contribution in [3.8, 4) is 5.88 Å². The van der Waals surface area contributed by atoms with Crippen molar-refractivity contribution in [2.45, 2.75) is 25.3 Å². The maximum atomic E-state index is 5.65. The first-order valence-corrected chi connectivity index (χ1v) is 5.94. The van der Waals surface area contributed by atoms with Gasteiger partial charge >= 0.3 is 0 Å². The van der Waals surface area contributed by atoms with E-state index in [0.717, 1.165) is 11.3 Å². The summed E-state index contributed by atoms with van der Waals surface area (Å²) >= 11 is 0. The van der Waals surface area contributed by atoms with Crippen molar-refractivity contribution in [2.24, 2.45) is 0 Å². The summed E-state index contributed by atoms with van der Waals surface area (Å²) in [6, 6.07) is 2.06. The Morgan fingerprint density at radius 2 is 2.28 bits per heavy atom. The van der Waals surface area contributed by atoms with Crippen molar-refractivity contribution in [3.63, 3.8) is 0 Å². The average Bonchev–Trinajstić information content (AvgIpc) is 3.14. The lowest BCUT2D eigenvalue weighted by Crippen LogP contribution is -2.06. The Morgan fingerprint density at radius 3 is 2.89 bits per heavy atom. The van der Waals surface area contributed by atoms with Crippen LogP contribution in [0.25, 0.3) is 0 Å². The third-order valence-electron chi connectivity index (χ3n) is 3.03. The van der Waals surface area contributed by atoms with E-state index in [4.69, 9.17) is 10.5 Å². The molecule has 0 radical (unpaired) electrons. The normalized spacial score (nSPS) is 14.7. The first kappa shape index (κ1) is 11.0. The van der Waals surface area contributed by atoms with Crippen molar-refractivity contribution < 1.29 is 4.74 Å². The van der Waals surface area contributed by atoms with Crippen molar-refractivity contribution in [2.75, 3.05) is 12.8 Å². The molecule has 1 aliphatic rings. The average molecular weight is 245 g/mol. The number of anilines is 1. The van der Waals surface area contributed by atoms with Crippen molar-refractivity contribution >= 4 is 5.69 Å². The molecule has 1 aliphatic carbocycles. The van der Waals surface area contributed by atoms with Gasteiger partial charge in [0.25, 0.3) is 0 Å². The fraction of sp³-hybridized carbons (Fsp3) is 0.417. The summed E-state index contributed by atoms with van der Waals surface area (Å²) < 4.78 is 7.00. The zero-order valence-corrected chi connectivity index (χ0v) is 10.2. The zero-order valence-electron chi connectivity index (χ0n) is 10.2. The number of rotatable bonds is 4. The van der Waals surface area contributed by atoms with Crippen LogP contribution >= 0.6 is 0 Å². The highest BCUT2D eigenvalue weighted by atomic mass is 16.5. The predicted molar refractivity (Wildman–Crippen MR) is 66.3 cm³/mol. The summed E-state index contributed by atoms with van der Waals surface area (Å²) in [5.74, 6) is 1.12. The Morgan fingerprint density at radius 1 is 1.44 bits per heavy atom. The number of nitrogen functional groups attached to an aromatic ring is 1. The molecule has 6 heteroatoms. The molecule has 2 aromatic rings. The summed E-state index contributed by atoms with van der Waals surface area (Å²) in [5.41, 5.74) is 8.33. The summed E-state index contributed by atoms with van der Waals surface area (Å²) in [6.45, 7) is 0.593. The molecular weight excluding hydrogens is 230 g/mol. The van der Waals surface area contributed by atoms with E-state index in [9.17, 15) is 0 Å². The van der Waals surface area contributed by atoms with Crippen LogP contribution in [0.4, 0.5) is 5.69 Å². The van der Waals surface area contributed by atoms with Gasteiger partial charge in [-0.1, -0.05) is 0 Å². The highest BCUT2D eigenvalue weighted by molar-refractivity contribution is 5.33. The lowest BCUT2D eigenvalue weighted by molar-refractivity contribution is 0.383. The molecule has 0 unspecified atom stereocenters. The van der Waals surface area contributed by atoms with E-state index in [2.05, 4.69) is 21.4 Å². The number of nitrogens with two attached hydrogens (primary N) is 1. The second-order valence-electron chi connectivity index (χ2n) is 4.55. The zero-order chi connectivity index (χ0) is 12.5. The predicted octanol–water partition coefficient (Wildman–Crippen LogP) is 1.19. The first-order chi connectivity index (χ1) is 8.76. The molecule has 0 atom stereocenters. The van der Waals surface area contributed by atoms with Gasteiger partial charge in [-0.3, -0.25) is 4.68 Å². The number of methoxy groups -OCH3 is 1. The van der Waals surface area contributed by atoms with Crippen LogP contribution in [0.3, 0.4) is 0 Å². The van der Waals surface area contributed by atoms with E-state index in [1.165, 1.54) is 12.8 Å². The summed E-state index contributed by atoms with van der Waals surface area (Å²) in [5, 5.41) is 12.5. The minimum Gasteiger partial charge on any atom is -0.480 e. The molecule has 1 saturated carbocycles. The molecule has 3 rings (SSSR count). The summed E-state index contributed by atoms with van der Waals surface area (Å²) in [4.78, 5) is 0. The molecule has 6 nitrogen and oxygen atoms in total. The number of hydrogen-bond acceptors (Lipinski definition) is 5. The number of ether oxygens (including phenoxy) is 1. The highest BCUT2D eigenvalue weighted by Crippen LogP contribution is 2.39. The van der Waals surface area contributed by atoms with Gasteiger partial charge in [-0.25, -0.2) is 0 Å². The van der Waals surface area contributed by atoms with Gasteiger partial charge < -0.3 is 10.5 Å². The molecule has 0 aliphatic heterocycles. The van der Waals surface area contributed by atoms with E-state index < -0.39 is 0 Å². The summed E-state index contributed by atoms with van der Waals surface area (Å²) in [6.07, 6.45) is 5.82. The number of hydrogen-bond donors (Lipinski definition) is 1. The molecule has 18 heavy (non-hydrogen) atoms. The second-order valence-corrected chi connectivity index (χ2v) is 4.55. The summed E-state index contributed by atoms with van der Waals surface area (Å²) in [7, 11) is 1.60. The fourth-order valence-electron chi connectivity index (χ4n) is 1.94. The second kappa shape index (κ2) is 4.29. The van der Waals surface area contributed by atoms with E-state index in [1.54, 1.807) is 24.2 Å². The lowest BCUT2D eigenvalue weighted by atomic mass is 10.2. The monoisotopic (exact) mass is 245 g/mol. The molecule has 2 heterocycles. The Bertz CT molecular complexity index is 561. The Labute approximate surface area is 105 Å². The molecule has 0 aromatic carbocycles. The lowest BCUT2D eigenvalue weighted by Gasteiger charge is -2.08. The molecule has 94 valence electrons. The van der Waals surface area contributed by atoms with Gasteiger partial charge in [0.2, 0.25) is 5.88 Å². The molecule has 0 spiro atoms. The molecule has 0 bridgehead atoms. The first-order valence-electron chi connectivity index (χ1n) is 5.94. The molecule has 0 amide bonds. The fourth-order valence-corrected chi connectivity index (χ4v) is 1.94. The molecule has 1 fully saturated rings. The van der Waals surface area contributed by atoms with E-state index in [0.29, 0.717) is 24.0 Å². The van der Waals surface area contributed by atoms with Crippen LogP contribution in [0, 0.1) is 0 Å². The topological polar surface area (TPSA) is 78.9 Å². The maximum Gasteiger partial charge on any atom is 0.238 e. The van der Waals surface area contributed by atoms with E-state index >= 15 is 0 Å². The molecule has 2 aromatic heterocycles. The quantitative estimate of drug-likeness (QED) is 0.875. The van der Waals surface area contributed by atoms with Crippen LogP contribution in [-0.2, 0) is 6.54 Å². The smallest absolute Gasteiger partial charge is 0.238 e. The highest BCUT2D eigenvalue weighted by Gasteiger charge is 2.26. The number of nitrogens with zero attached hydrogens (tertiary/aromatic N) is 4. The molecule has 0 saturated heterocycles. The van der Waals surface area contributed by atoms with Gasteiger partial charge in [0.15, 0.2) is 0 Å². The largest absolute Gasteiger partial charge is 0.480 e. The van der Waals surface area contributed by atoms with Crippen LogP contribution < -0.4 is 10.5 Å². The van der Waals surface area contributed by atoms with Crippen molar-refractivity contribution in [3.05, 3.63) is 29.7 Å². The van der Waals surface area contributed by atoms with Gasteiger partial charge in [-0.15, -0.1) is 5.10 Å². The van der Waals surface area contributed by atoms with Gasteiger partial charge in [-0.05, 0) is 18.9 Å². The third-order valence-corrected chi connectivity index (χ3v) is 3.03. The van der Waals surface area contributed by atoms with E-state index in [1.807, 2.05) is 0 Å². The molecular formula is C12H15N5O. The standard InChI is InChI=1S/C12H15N5O/c1-18-12-9(6-17-7-10(13)5-14-17)4-11(15-16-12)8-2-3-8/h4-5,7-8H,2-3,6,13H2,1H3. The van der Waals surface area contributed by atoms with Crippen LogP contribution in [0.15, 0.2) is 18.5 Å². The van der Waals surface area contributed by atoms with Gasteiger partial charge in [0.05, 0.1) is 31.2 Å². The van der Waals surface area contributed by atoms with E-state index in [-0.39, 0.29) is 0 Å². The SMILES string of the molecule is COc1nnc(C2CC2)cc1Cn1cc(N)cn1. The van der Waals surface area contributed by atoms with Crippen LogP contribution in [0.1, 0.15) is 30.0 Å². The Balaban J connectivity index is 1.90. The van der Waals surface area contributed by atoms with Crippen molar-refractivity contribution in [1.29, 1.82) is 0 Å². The Kier molecular flexibility index (Phi) is 2.62. The minimum atomic E-state index is 0.550. The molecule has 2 N–H and O–H groups in total. The van der Waals surface area contributed by atoms with Crippen LogP contribution in [0.2, 0.25) is 0 Å². The van der Waals surface area contributed by atoms with Gasteiger partial charge in [-0.2, -0.15) is 10.2 Å². The minimum absolute atomic E-state index is 0.550. The maximum absolute atomic E-state index is 5.65. The van der Waals surface area contributed by atoms with Crippen LogP contribution in [0.5, 0.6) is 5.88 Å². The van der Waals surface area contributed by atoms with Crippen LogP contribution in [-0.4, -0.2) is 27.1 Å². The number of aromatic nitrogens is 4. The van der Waals surface area contributed by atoms with Crippen molar-refractivity contribution in [1.82, 2.24) is 20.0 Å². The Hall–Kier alpha value is -2.11. The van der Waals surface area contributed by atoms with Gasteiger partial charge in [0.1, 0.15) is 0 Å².